The lowest BCUT2D eigenvalue weighted by Crippen LogP contribution is -2.24. The summed E-state index contributed by atoms with van der Waals surface area (Å²) in [4.78, 5) is 24.1. The van der Waals surface area contributed by atoms with Gasteiger partial charge >= 0.3 is 5.97 Å². The standard InChI is InChI=1S/C16H19Cl2NO3/c1-9(6-10-8-16(2,3)22-15(10)21)14(20)19-13-7-11(17)4-5-12(13)18/h4-5,7,9-10H,6,8H2,1-3H3,(H,19,20)/t9-,10-/m1/s1. The molecular formula is C16H19Cl2NO3. The van der Waals surface area contributed by atoms with Gasteiger partial charge in [0.25, 0.3) is 0 Å². The summed E-state index contributed by atoms with van der Waals surface area (Å²) in [5.41, 5.74) is 0.0224. The largest absolute Gasteiger partial charge is 0.459 e. The van der Waals surface area contributed by atoms with Crippen LogP contribution < -0.4 is 5.32 Å². The van der Waals surface area contributed by atoms with Gasteiger partial charge in [-0.05, 0) is 44.9 Å². The molecular weight excluding hydrogens is 325 g/mol. The molecule has 1 N–H and O–H groups in total. The minimum Gasteiger partial charge on any atom is -0.459 e. The van der Waals surface area contributed by atoms with Gasteiger partial charge < -0.3 is 10.1 Å². The lowest BCUT2D eigenvalue weighted by atomic mass is 9.89. The third-order valence-corrected chi connectivity index (χ3v) is 4.28. The average Bonchev–Trinajstić information content (AvgIpc) is 2.66. The Morgan fingerprint density at radius 2 is 2.14 bits per heavy atom. The van der Waals surface area contributed by atoms with E-state index in [-0.39, 0.29) is 23.7 Å². The number of ether oxygens (including phenoxy) is 1. The fraction of sp³-hybridized carbons (Fsp3) is 0.500. The molecule has 1 aromatic rings. The Balaban J connectivity index is 1.98. The van der Waals surface area contributed by atoms with Crippen LogP contribution in [0, 0.1) is 11.8 Å². The van der Waals surface area contributed by atoms with Crippen LogP contribution in [0.4, 0.5) is 5.69 Å². The second kappa shape index (κ2) is 6.47. The number of esters is 1. The molecule has 4 nitrogen and oxygen atoms in total. The Morgan fingerprint density at radius 1 is 1.45 bits per heavy atom. The normalized spacial score (nSPS) is 21.3. The molecule has 2 atom stereocenters. The van der Waals surface area contributed by atoms with E-state index < -0.39 is 5.60 Å². The zero-order valence-electron chi connectivity index (χ0n) is 12.8. The topological polar surface area (TPSA) is 55.4 Å². The molecule has 0 radical (unpaired) electrons. The minimum absolute atomic E-state index is 0.193. The molecule has 1 saturated heterocycles. The predicted octanol–water partition coefficient (Wildman–Crippen LogP) is 4.30. The van der Waals surface area contributed by atoms with Crippen molar-refractivity contribution in [2.24, 2.45) is 11.8 Å². The SMILES string of the molecule is C[C@H](C[C@@H]1CC(C)(C)OC1=O)C(=O)Nc1cc(Cl)ccc1Cl. The zero-order chi connectivity index (χ0) is 16.5. The number of carbonyl (C=O) groups is 2. The van der Waals surface area contributed by atoms with Gasteiger partial charge in [-0.25, -0.2) is 0 Å². The molecule has 0 aromatic heterocycles. The van der Waals surface area contributed by atoms with Crippen molar-refractivity contribution in [1.29, 1.82) is 0 Å². The Hall–Kier alpha value is -1.26. The van der Waals surface area contributed by atoms with Gasteiger partial charge in [0, 0.05) is 10.9 Å². The van der Waals surface area contributed by atoms with Crippen LogP contribution in [0.5, 0.6) is 0 Å². The fourth-order valence-corrected chi connectivity index (χ4v) is 2.97. The summed E-state index contributed by atoms with van der Waals surface area (Å²) < 4.78 is 5.29. The van der Waals surface area contributed by atoms with Crippen LogP contribution >= 0.6 is 23.2 Å². The van der Waals surface area contributed by atoms with Gasteiger partial charge in [0.1, 0.15) is 5.60 Å². The summed E-state index contributed by atoms with van der Waals surface area (Å²) in [5.74, 6) is -1.00. The average molecular weight is 344 g/mol. The second-order valence-corrected chi connectivity index (χ2v) is 7.18. The van der Waals surface area contributed by atoms with E-state index in [1.165, 1.54) is 0 Å². The maximum Gasteiger partial charge on any atom is 0.309 e. The van der Waals surface area contributed by atoms with Gasteiger partial charge in [0.2, 0.25) is 5.91 Å². The van der Waals surface area contributed by atoms with Crippen LogP contribution in [-0.4, -0.2) is 17.5 Å². The third-order valence-electron chi connectivity index (χ3n) is 3.72. The lowest BCUT2D eigenvalue weighted by molar-refractivity contribution is -0.148. The van der Waals surface area contributed by atoms with Crippen LogP contribution in [0.15, 0.2) is 18.2 Å². The Bertz CT molecular complexity index is 601. The summed E-state index contributed by atoms with van der Waals surface area (Å²) in [7, 11) is 0. The van der Waals surface area contributed by atoms with Gasteiger partial charge in [0.15, 0.2) is 0 Å². The van der Waals surface area contributed by atoms with Crippen LogP contribution in [0.1, 0.15) is 33.6 Å². The zero-order valence-corrected chi connectivity index (χ0v) is 14.3. The summed E-state index contributed by atoms with van der Waals surface area (Å²) in [5, 5.41) is 3.67. The van der Waals surface area contributed by atoms with Crippen molar-refractivity contribution >= 4 is 40.8 Å². The highest BCUT2D eigenvalue weighted by molar-refractivity contribution is 6.35. The Morgan fingerprint density at radius 3 is 2.73 bits per heavy atom. The number of hydrogen-bond donors (Lipinski definition) is 1. The minimum atomic E-state index is -0.450. The van der Waals surface area contributed by atoms with E-state index in [2.05, 4.69) is 5.32 Å². The van der Waals surface area contributed by atoms with Crippen molar-refractivity contribution in [2.75, 3.05) is 5.32 Å². The first kappa shape index (κ1) is 17.1. The maximum atomic E-state index is 12.3. The van der Waals surface area contributed by atoms with Crippen molar-refractivity contribution in [3.63, 3.8) is 0 Å². The van der Waals surface area contributed by atoms with Gasteiger partial charge in [-0.1, -0.05) is 30.1 Å². The number of hydrogen-bond acceptors (Lipinski definition) is 3. The monoisotopic (exact) mass is 343 g/mol. The maximum absolute atomic E-state index is 12.3. The van der Waals surface area contributed by atoms with Crippen molar-refractivity contribution in [3.05, 3.63) is 28.2 Å². The molecule has 1 heterocycles. The molecule has 0 unspecified atom stereocenters. The molecule has 6 heteroatoms. The van der Waals surface area contributed by atoms with Gasteiger partial charge in [-0.3, -0.25) is 9.59 Å². The van der Waals surface area contributed by atoms with Gasteiger partial charge in [-0.15, -0.1) is 0 Å². The van der Waals surface area contributed by atoms with Crippen molar-refractivity contribution in [1.82, 2.24) is 0 Å². The number of halogens is 2. The van der Waals surface area contributed by atoms with E-state index in [4.69, 9.17) is 27.9 Å². The molecule has 120 valence electrons. The summed E-state index contributed by atoms with van der Waals surface area (Å²) >= 11 is 11.9. The quantitative estimate of drug-likeness (QED) is 0.829. The molecule has 0 spiro atoms. The van der Waals surface area contributed by atoms with E-state index in [0.29, 0.717) is 28.6 Å². The van der Waals surface area contributed by atoms with E-state index >= 15 is 0 Å². The van der Waals surface area contributed by atoms with E-state index in [9.17, 15) is 9.59 Å². The second-order valence-electron chi connectivity index (χ2n) is 6.33. The molecule has 0 aliphatic carbocycles. The Labute approximate surface area is 140 Å². The van der Waals surface area contributed by atoms with Crippen molar-refractivity contribution in [2.45, 2.75) is 39.2 Å². The number of rotatable bonds is 4. The number of anilines is 1. The first-order valence-corrected chi connectivity index (χ1v) is 7.92. The highest BCUT2D eigenvalue weighted by Gasteiger charge is 2.41. The molecule has 1 fully saturated rings. The third kappa shape index (κ3) is 4.14. The van der Waals surface area contributed by atoms with Gasteiger partial charge in [0.05, 0.1) is 16.6 Å². The molecule has 1 aliphatic heterocycles. The first-order chi connectivity index (χ1) is 10.2. The number of benzene rings is 1. The summed E-state index contributed by atoms with van der Waals surface area (Å²) in [6, 6.07) is 4.88. The van der Waals surface area contributed by atoms with Crippen LogP contribution in [-0.2, 0) is 14.3 Å². The molecule has 0 bridgehead atoms. The molecule has 0 saturated carbocycles. The molecule has 1 amide bonds. The summed E-state index contributed by atoms with van der Waals surface area (Å²) in [6.07, 6.45) is 1.08. The first-order valence-electron chi connectivity index (χ1n) is 7.17. The van der Waals surface area contributed by atoms with Crippen LogP contribution in [0.2, 0.25) is 10.0 Å². The Kier molecular flexibility index (Phi) is 5.03. The molecule has 2 rings (SSSR count). The van der Waals surface area contributed by atoms with Crippen LogP contribution in [0.25, 0.3) is 0 Å². The van der Waals surface area contributed by atoms with Crippen LogP contribution in [0.3, 0.4) is 0 Å². The van der Waals surface area contributed by atoms with Crippen molar-refractivity contribution in [3.8, 4) is 0 Å². The summed E-state index contributed by atoms with van der Waals surface area (Å²) in [6.45, 7) is 5.54. The number of cyclic esters (lactones) is 1. The van der Waals surface area contributed by atoms with Crippen molar-refractivity contribution < 1.29 is 14.3 Å². The van der Waals surface area contributed by atoms with E-state index in [1.807, 2.05) is 13.8 Å². The number of amides is 1. The molecule has 22 heavy (non-hydrogen) atoms. The van der Waals surface area contributed by atoms with Gasteiger partial charge in [-0.2, -0.15) is 0 Å². The predicted molar refractivity (Wildman–Crippen MR) is 87.2 cm³/mol. The molecule has 1 aromatic carbocycles. The van der Waals surface area contributed by atoms with E-state index in [1.54, 1.807) is 25.1 Å². The lowest BCUT2D eigenvalue weighted by Gasteiger charge is -2.16. The number of nitrogens with one attached hydrogen (secondary N) is 1. The highest BCUT2D eigenvalue weighted by Crippen LogP contribution is 2.34. The number of carbonyl (C=O) groups excluding carboxylic acids is 2. The highest BCUT2D eigenvalue weighted by atomic mass is 35.5. The fourth-order valence-electron chi connectivity index (χ4n) is 2.64. The molecule has 1 aliphatic rings. The smallest absolute Gasteiger partial charge is 0.309 e. The van der Waals surface area contributed by atoms with E-state index in [0.717, 1.165) is 0 Å².